The Morgan fingerprint density at radius 1 is 1.35 bits per heavy atom. The summed E-state index contributed by atoms with van der Waals surface area (Å²) in [6.45, 7) is 3.84. The second-order valence-corrected chi connectivity index (χ2v) is 5.21. The monoisotopic (exact) mass is 273 g/mol. The molecule has 0 amide bonds. The third-order valence-corrected chi connectivity index (χ3v) is 3.49. The van der Waals surface area contributed by atoms with Crippen molar-refractivity contribution in [3.8, 4) is 5.69 Å². The van der Waals surface area contributed by atoms with Gasteiger partial charge in [0, 0.05) is 6.04 Å². The van der Waals surface area contributed by atoms with Gasteiger partial charge in [0.25, 0.3) is 0 Å². The molecule has 6 heteroatoms. The number of rotatable bonds is 3. The van der Waals surface area contributed by atoms with Gasteiger partial charge >= 0.3 is 11.7 Å². The molecule has 1 aromatic heterocycles. The Kier molecular flexibility index (Phi) is 2.74. The van der Waals surface area contributed by atoms with E-state index in [4.69, 9.17) is 0 Å². The summed E-state index contributed by atoms with van der Waals surface area (Å²) < 4.78 is 2.48. The molecule has 104 valence electrons. The average molecular weight is 273 g/mol. The molecule has 0 bridgehead atoms. The Labute approximate surface area is 115 Å². The van der Waals surface area contributed by atoms with Crippen LogP contribution in [0.4, 0.5) is 0 Å². The maximum Gasteiger partial charge on any atom is 0.374 e. The van der Waals surface area contributed by atoms with Crippen LogP contribution in [0.3, 0.4) is 0 Å². The topological polar surface area (TPSA) is 77.1 Å². The van der Waals surface area contributed by atoms with E-state index < -0.39 is 5.97 Å². The van der Waals surface area contributed by atoms with Gasteiger partial charge in [-0.1, -0.05) is 17.7 Å². The van der Waals surface area contributed by atoms with Crippen molar-refractivity contribution in [2.24, 2.45) is 0 Å². The van der Waals surface area contributed by atoms with Gasteiger partial charge in [0.1, 0.15) is 0 Å². The van der Waals surface area contributed by atoms with Gasteiger partial charge in [-0.05, 0) is 38.3 Å². The Hall–Kier alpha value is -2.37. The van der Waals surface area contributed by atoms with Crippen molar-refractivity contribution < 1.29 is 9.90 Å². The molecule has 0 unspecified atom stereocenters. The summed E-state index contributed by atoms with van der Waals surface area (Å²) in [5.74, 6) is -1.35. The molecule has 1 aliphatic carbocycles. The molecule has 0 atom stereocenters. The molecular formula is C14H15N3O3. The van der Waals surface area contributed by atoms with E-state index in [2.05, 4.69) is 5.10 Å². The zero-order chi connectivity index (χ0) is 14.4. The van der Waals surface area contributed by atoms with Gasteiger partial charge in [0.2, 0.25) is 5.82 Å². The van der Waals surface area contributed by atoms with Gasteiger partial charge in [-0.15, -0.1) is 5.10 Å². The number of aryl methyl sites for hydroxylation is 2. The number of aromatic nitrogens is 3. The largest absolute Gasteiger partial charge is 0.475 e. The predicted octanol–water partition coefficient (Wildman–Crippen LogP) is 1.68. The lowest BCUT2D eigenvalue weighted by Gasteiger charge is -2.05. The van der Waals surface area contributed by atoms with Crippen molar-refractivity contribution in [1.29, 1.82) is 0 Å². The summed E-state index contributed by atoms with van der Waals surface area (Å²) in [6.07, 6.45) is 1.66. The highest BCUT2D eigenvalue weighted by molar-refractivity contribution is 5.83. The Balaban J connectivity index is 2.22. The summed E-state index contributed by atoms with van der Waals surface area (Å²) in [6, 6.07) is 5.60. The van der Waals surface area contributed by atoms with Crippen molar-refractivity contribution >= 4 is 5.97 Å². The summed E-state index contributed by atoms with van der Waals surface area (Å²) in [5.41, 5.74) is 2.23. The number of carboxylic acids is 1. The van der Waals surface area contributed by atoms with E-state index in [1.807, 2.05) is 26.0 Å². The van der Waals surface area contributed by atoms with Crippen molar-refractivity contribution in [1.82, 2.24) is 14.3 Å². The quantitative estimate of drug-likeness (QED) is 0.923. The molecule has 20 heavy (non-hydrogen) atoms. The minimum absolute atomic E-state index is 0.0203. The second-order valence-electron chi connectivity index (χ2n) is 5.21. The minimum Gasteiger partial charge on any atom is -0.475 e. The van der Waals surface area contributed by atoms with Gasteiger partial charge < -0.3 is 5.11 Å². The maximum atomic E-state index is 12.4. The fraction of sp³-hybridized carbons (Fsp3) is 0.357. The number of benzene rings is 1. The van der Waals surface area contributed by atoms with Gasteiger partial charge in [-0.2, -0.15) is 4.68 Å². The van der Waals surface area contributed by atoms with Crippen LogP contribution in [0, 0.1) is 13.8 Å². The number of carbonyl (C=O) groups is 1. The number of aromatic carboxylic acids is 1. The van der Waals surface area contributed by atoms with E-state index in [0.717, 1.165) is 24.0 Å². The van der Waals surface area contributed by atoms with Crippen LogP contribution in [0.15, 0.2) is 23.0 Å². The van der Waals surface area contributed by atoms with E-state index in [-0.39, 0.29) is 17.6 Å². The zero-order valence-electron chi connectivity index (χ0n) is 11.3. The molecule has 3 rings (SSSR count). The fourth-order valence-electron chi connectivity index (χ4n) is 2.39. The van der Waals surface area contributed by atoms with E-state index in [9.17, 15) is 14.7 Å². The lowest BCUT2D eigenvalue weighted by atomic mass is 10.1. The molecule has 1 heterocycles. The molecule has 0 saturated heterocycles. The first-order valence-electron chi connectivity index (χ1n) is 6.51. The van der Waals surface area contributed by atoms with Crippen LogP contribution >= 0.6 is 0 Å². The Bertz CT molecular complexity index is 754. The van der Waals surface area contributed by atoms with Gasteiger partial charge in [-0.25, -0.2) is 9.59 Å². The Morgan fingerprint density at radius 2 is 2.05 bits per heavy atom. The molecule has 1 fully saturated rings. The number of hydrogen-bond acceptors (Lipinski definition) is 3. The highest BCUT2D eigenvalue weighted by Crippen LogP contribution is 2.34. The van der Waals surface area contributed by atoms with Crippen LogP contribution in [-0.4, -0.2) is 25.4 Å². The molecule has 1 saturated carbocycles. The van der Waals surface area contributed by atoms with Gasteiger partial charge in [0.15, 0.2) is 0 Å². The van der Waals surface area contributed by atoms with Crippen LogP contribution in [0.1, 0.15) is 40.6 Å². The first-order valence-corrected chi connectivity index (χ1v) is 6.51. The summed E-state index contributed by atoms with van der Waals surface area (Å²) in [5, 5.41) is 13.2. The van der Waals surface area contributed by atoms with Crippen LogP contribution in [0.25, 0.3) is 5.69 Å². The van der Waals surface area contributed by atoms with E-state index in [1.54, 1.807) is 6.07 Å². The highest BCUT2D eigenvalue weighted by atomic mass is 16.4. The maximum absolute atomic E-state index is 12.4. The second kappa shape index (κ2) is 4.33. The fourth-order valence-corrected chi connectivity index (χ4v) is 2.39. The molecular weight excluding hydrogens is 258 g/mol. The third kappa shape index (κ3) is 1.93. The number of hydrogen-bond donors (Lipinski definition) is 1. The molecule has 0 aliphatic heterocycles. The van der Waals surface area contributed by atoms with Crippen molar-refractivity contribution in [3.05, 3.63) is 45.6 Å². The van der Waals surface area contributed by atoms with Crippen LogP contribution in [0.2, 0.25) is 0 Å². The molecule has 0 spiro atoms. The number of carboxylic acid groups (broad SMARTS) is 1. The number of nitrogens with zero attached hydrogens (tertiary/aromatic N) is 3. The summed E-state index contributed by atoms with van der Waals surface area (Å²) in [7, 11) is 0. The molecule has 6 nitrogen and oxygen atoms in total. The molecule has 1 aromatic carbocycles. The van der Waals surface area contributed by atoms with Crippen molar-refractivity contribution in [3.63, 3.8) is 0 Å². The molecule has 1 N–H and O–H groups in total. The zero-order valence-corrected chi connectivity index (χ0v) is 11.3. The van der Waals surface area contributed by atoms with Crippen LogP contribution < -0.4 is 5.69 Å². The van der Waals surface area contributed by atoms with E-state index >= 15 is 0 Å². The molecule has 1 aliphatic rings. The minimum atomic E-state index is -1.17. The smallest absolute Gasteiger partial charge is 0.374 e. The van der Waals surface area contributed by atoms with Crippen molar-refractivity contribution in [2.75, 3.05) is 0 Å². The standard InChI is InChI=1S/C14H15N3O3/c1-8-3-6-11(9(2)7-8)17-14(20)16(10-4-5-10)12(15-17)13(18)19/h3,6-7,10H,4-5H2,1-2H3,(H,18,19). The highest BCUT2D eigenvalue weighted by Gasteiger charge is 2.32. The normalized spacial score (nSPS) is 14.5. The Morgan fingerprint density at radius 3 is 2.60 bits per heavy atom. The van der Waals surface area contributed by atoms with Crippen molar-refractivity contribution in [2.45, 2.75) is 32.7 Å². The lowest BCUT2D eigenvalue weighted by molar-refractivity contribution is 0.0676. The van der Waals surface area contributed by atoms with E-state index in [1.165, 1.54) is 9.25 Å². The molecule has 0 radical (unpaired) electrons. The van der Waals surface area contributed by atoms with E-state index in [0.29, 0.717) is 5.69 Å². The van der Waals surface area contributed by atoms with Crippen LogP contribution in [-0.2, 0) is 0 Å². The first-order chi connectivity index (χ1) is 9.49. The summed E-state index contributed by atoms with van der Waals surface area (Å²) in [4.78, 5) is 23.7. The molecule has 2 aromatic rings. The average Bonchev–Trinajstić information content (AvgIpc) is 3.14. The van der Waals surface area contributed by atoms with Crippen LogP contribution in [0.5, 0.6) is 0 Å². The lowest BCUT2D eigenvalue weighted by Crippen LogP contribution is -2.25. The summed E-state index contributed by atoms with van der Waals surface area (Å²) >= 11 is 0. The predicted molar refractivity (Wildman–Crippen MR) is 72.5 cm³/mol. The van der Waals surface area contributed by atoms with Gasteiger partial charge in [-0.3, -0.25) is 4.57 Å². The SMILES string of the molecule is Cc1ccc(-n2nc(C(=O)O)n(C3CC3)c2=O)c(C)c1. The third-order valence-electron chi connectivity index (χ3n) is 3.49. The first kappa shape index (κ1) is 12.7. The van der Waals surface area contributed by atoms with Gasteiger partial charge in [0.05, 0.1) is 5.69 Å².